The summed E-state index contributed by atoms with van der Waals surface area (Å²) in [5.41, 5.74) is 1.02. The van der Waals surface area contributed by atoms with E-state index in [-0.39, 0.29) is 11.3 Å². The number of sulfone groups is 1. The minimum atomic E-state index is -3.04. The fourth-order valence-electron chi connectivity index (χ4n) is 2.01. The zero-order chi connectivity index (χ0) is 12.2. The van der Waals surface area contributed by atoms with Crippen molar-refractivity contribution in [3.63, 3.8) is 0 Å². The Morgan fingerprint density at radius 1 is 1.25 bits per heavy atom. The van der Waals surface area contributed by atoms with Gasteiger partial charge in [0.15, 0.2) is 9.84 Å². The van der Waals surface area contributed by atoms with Gasteiger partial charge in [-0.15, -0.1) is 0 Å². The largest absolute Gasteiger partial charge is 0.312 e. The highest BCUT2D eigenvalue weighted by Gasteiger charge is 2.28. The maximum atomic E-state index is 11.7. The van der Waals surface area contributed by atoms with Gasteiger partial charge in [-0.25, -0.2) is 8.42 Å². The lowest BCUT2D eigenvalue weighted by molar-refractivity contribution is 0.511. The molecule has 4 heteroatoms. The molecule has 2 atom stereocenters. The summed E-state index contributed by atoms with van der Waals surface area (Å²) < 4.78 is 23.4. The topological polar surface area (TPSA) is 46.2 Å². The number of hydrogen-bond donors (Lipinski definition) is 1. The zero-order valence-electron chi connectivity index (χ0n) is 9.97. The Kier molecular flexibility index (Phi) is 4.50. The molecule has 1 N–H and O–H groups in total. The van der Waals surface area contributed by atoms with Crippen molar-refractivity contribution in [2.75, 3.05) is 13.3 Å². The highest BCUT2D eigenvalue weighted by Crippen LogP contribution is 2.23. The fraction of sp³-hybridized carbons (Fsp3) is 0.500. The second kappa shape index (κ2) is 5.46. The van der Waals surface area contributed by atoms with E-state index in [9.17, 15) is 8.42 Å². The van der Waals surface area contributed by atoms with Crippen LogP contribution in [0.5, 0.6) is 0 Å². The summed E-state index contributed by atoms with van der Waals surface area (Å²) in [7, 11) is -1.24. The summed E-state index contributed by atoms with van der Waals surface area (Å²) in [6.45, 7) is 1.90. The van der Waals surface area contributed by atoms with Crippen LogP contribution in [0, 0.1) is 0 Å². The van der Waals surface area contributed by atoms with Gasteiger partial charge in [0.1, 0.15) is 0 Å². The third-order valence-electron chi connectivity index (χ3n) is 2.79. The summed E-state index contributed by atoms with van der Waals surface area (Å²) in [5, 5.41) is 2.72. The van der Waals surface area contributed by atoms with Crippen LogP contribution in [-0.2, 0) is 9.84 Å². The summed E-state index contributed by atoms with van der Waals surface area (Å²) in [6, 6.07) is 9.55. The summed E-state index contributed by atoms with van der Waals surface area (Å²) >= 11 is 0. The molecule has 0 amide bonds. The van der Waals surface area contributed by atoms with Crippen LogP contribution < -0.4 is 5.32 Å². The maximum absolute atomic E-state index is 11.7. The van der Waals surface area contributed by atoms with Crippen molar-refractivity contribution in [3.05, 3.63) is 35.9 Å². The summed E-state index contributed by atoms with van der Waals surface area (Å²) in [5.74, 6) is 0. The molecule has 0 aromatic heterocycles. The van der Waals surface area contributed by atoms with E-state index in [0.717, 1.165) is 5.56 Å². The van der Waals surface area contributed by atoms with E-state index in [1.165, 1.54) is 6.26 Å². The molecule has 0 saturated carbocycles. The lowest BCUT2D eigenvalue weighted by atomic mass is 10.0. The van der Waals surface area contributed by atoms with Gasteiger partial charge in [0.05, 0.1) is 5.25 Å². The van der Waals surface area contributed by atoms with Crippen molar-refractivity contribution in [2.45, 2.75) is 24.6 Å². The Morgan fingerprint density at radius 2 is 1.81 bits per heavy atom. The maximum Gasteiger partial charge on any atom is 0.152 e. The molecule has 0 spiro atoms. The van der Waals surface area contributed by atoms with E-state index in [0.29, 0.717) is 6.42 Å². The van der Waals surface area contributed by atoms with Crippen LogP contribution in [0.4, 0.5) is 0 Å². The van der Waals surface area contributed by atoms with Crippen LogP contribution in [0.25, 0.3) is 0 Å². The molecule has 3 nitrogen and oxygen atoms in total. The van der Waals surface area contributed by atoms with Crippen LogP contribution in [0.1, 0.15) is 24.9 Å². The molecule has 0 saturated heterocycles. The predicted molar refractivity (Wildman–Crippen MR) is 67.2 cm³/mol. The molecular weight excluding hydrogens is 222 g/mol. The normalized spacial score (nSPS) is 15.7. The molecule has 0 heterocycles. The molecule has 2 unspecified atom stereocenters. The smallest absolute Gasteiger partial charge is 0.152 e. The average Bonchev–Trinajstić information content (AvgIpc) is 2.25. The van der Waals surface area contributed by atoms with Crippen molar-refractivity contribution >= 4 is 9.84 Å². The van der Waals surface area contributed by atoms with Crippen molar-refractivity contribution < 1.29 is 8.42 Å². The molecule has 0 radical (unpaired) electrons. The van der Waals surface area contributed by atoms with Gasteiger partial charge in [0.2, 0.25) is 0 Å². The molecular formula is C12H19NO2S. The van der Waals surface area contributed by atoms with Gasteiger partial charge in [0, 0.05) is 12.3 Å². The van der Waals surface area contributed by atoms with E-state index < -0.39 is 9.84 Å². The van der Waals surface area contributed by atoms with Crippen molar-refractivity contribution in [1.29, 1.82) is 0 Å². The van der Waals surface area contributed by atoms with E-state index >= 15 is 0 Å². The van der Waals surface area contributed by atoms with Crippen LogP contribution in [0.15, 0.2) is 30.3 Å². The van der Waals surface area contributed by atoms with Crippen LogP contribution in [0.2, 0.25) is 0 Å². The lowest BCUT2D eigenvalue weighted by Gasteiger charge is -2.24. The lowest BCUT2D eigenvalue weighted by Crippen LogP contribution is -2.34. The molecule has 90 valence electrons. The molecule has 0 bridgehead atoms. The monoisotopic (exact) mass is 241 g/mol. The van der Waals surface area contributed by atoms with Gasteiger partial charge in [-0.1, -0.05) is 37.3 Å². The average molecular weight is 241 g/mol. The van der Waals surface area contributed by atoms with E-state index in [4.69, 9.17) is 0 Å². The third kappa shape index (κ3) is 3.06. The van der Waals surface area contributed by atoms with Crippen LogP contribution >= 0.6 is 0 Å². The first-order chi connectivity index (χ1) is 7.50. The van der Waals surface area contributed by atoms with E-state index in [1.807, 2.05) is 37.3 Å². The Morgan fingerprint density at radius 3 is 2.19 bits per heavy atom. The molecule has 1 rings (SSSR count). The number of benzene rings is 1. The third-order valence-corrected chi connectivity index (χ3v) is 4.50. The molecule has 0 aliphatic heterocycles. The van der Waals surface area contributed by atoms with E-state index in [2.05, 4.69) is 5.32 Å². The van der Waals surface area contributed by atoms with Crippen molar-refractivity contribution in [2.24, 2.45) is 0 Å². The Labute approximate surface area is 97.8 Å². The van der Waals surface area contributed by atoms with Gasteiger partial charge in [0.25, 0.3) is 0 Å². The quantitative estimate of drug-likeness (QED) is 0.854. The molecule has 0 aliphatic rings. The highest BCUT2D eigenvalue weighted by molar-refractivity contribution is 7.91. The SMILES string of the molecule is CCC(C(NC)c1ccccc1)S(C)(=O)=O. The van der Waals surface area contributed by atoms with Gasteiger partial charge in [-0.05, 0) is 19.0 Å². The van der Waals surface area contributed by atoms with Crippen molar-refractivity contribution in [1.82, 2.24) is 5.32 Å². The minimum absolute atomic E-state index is 0.138. The second-order valence-electron chi connectivity index (χ2n) is 3.95. The first-order valence-corrected chi connectivity index (χ1v) is 7.37. The Hall–Kier alpha value is -0.870. The van der Waals surface area contributed by atoms with Gasteiger partial charge in [-0.2, -0.15) is 0 Å². The number of hydrogen-bond acceptors (Lipinski definition) is 3. The Balaban J connectivity index is 3.07. The summed E-state index contributed by atoms with van der Waals surface area (Å²) in [4.78, 5) is 0. The first kappa shape index (κ1) is 13.2. The van der Waals surface area contributed by atoms with Crippen LogP contribution in [-0.4, -0.2) is 27.0 Å². The van der Waals surface area contributed by atoms with Gasteiger partial charge >= 0.3 is 0 Å². The minimum Gasteiger partial charge on any atom is -0.312 e. The van der Waals surface area contributed by atoms with Crippen molar-refractivity contribution in [3.8, 4) is 0 Å². The van der Waals surface area contributed by atoms with Gasteiger partial charge in [-0.3, -0.25) is 0 Å². The fourth-order valence-corrected chi connectivity index (χ4v) is 3.41. The number of nitrogens with one attached hydrogen (secondary N) is 1. The Bertz CT molecular complexity index is 414. The summed E-state index contributed by atoms with van der Waals surface area (Å²) in [6.07, 6.45) is 1.91. The standard InChI is InChI=1S/C12H19NO2S/c1-4-11(16(3,14)15)12(13-2)10-8-6-5-7-9-10/h5-9,11-13H,4H2,1-3H3. The second-order valence-corrected chi connectivity index (χ2v) is 6.22. The van der Waals surface area contributed by atoms with E-state index in [1.54, 1.807) is 7.05 Å². The first-order valence-electron chi connectivity index (χ1n) is 5.41. The number of rotatable bonds is 5. The molecule has 1 aromatic rings. The molecule has 1 aromatic carbocycles. The highest BCUT2D eigenvalue weighted by atomic mass is 32.2. The molecule has 0 fully saturated rings. The molecule has 16 heavy (non-hydrogen) atoms. The molecule has 0 aliphatic carbocycles. The van der Waals surface area contributed by atoms with Crippen LogP contribution in [0.3, 0.4) is 0 Å². The predicted octanol–water partition coefficient (Wildman–Crippen LogP) is 1.77. The van der Waals surface area contributed by atoms with Gasteiger partial charge < -0.3 is 5.32 Å². The zero-order valence-corrected chi connectivity index (χ0v) is 10.8.